The van der Waals surface area contributed by atoms with E-state index in [1.807, 2.05) is 0 Å². The highest BCUT2D eigenvalue weighted by Crippen LogP contribution is 2.14. The summed E-state index contributed by atoms with van der Waals surface area (Å²) in [5.74, 6) is 0.110. The van der Waals surface area contributed by atoms with E-state index in [2.05, 4.69) is 17.8 Å². The molecule has 0 aliphatic carbocycles. The van der Waals surface area contributed by atoms with Gasteiger partial charge < -0.3 is 0 Å². The van der Waals surface area contributed by atoms with Gasteiger partial charge in [-0.3, -0.25) is 10.2 Å². The van der Waals surface area contributed by atoms with E-state index in [4.69, 9.17) is 0 Å². The van der Waals surface area contributed by atoms with Gasteiger partial charge in [0, 0.05) is 13.5 Å². The predicted molar refractivity (Wildman–Crippen MR) is 106 cm³/mol. The smallest absolute Gasteiger partial charge is 0.234 e. The second kappa shape index (κ2) is 20.5. The molecule has 144 valence electrons. The molecule has 0 atom stereocenters. The molecule has 0 saturated heterocycles. The molecule has 0 aliphatic heterocycles. The van der Waals surface area contributed by atoms with Gasteiger partial charge in [0.25, 0.3) is 0 Å². The number of hydrogen-bond donors (Lipinski definition) is 2. The third kappa shape index (κ3) is 19.5. The van der Waals surface area contributed by atoms with Gasteiger partial charge in [0.15, 0.2) is 0 Å². The minimum atomic E-state index is 0.110. The molecule has 0 rings (SSSR count). The molecule has 2 N–H and O–H groups in total. The number of hydrogen-bond acceptors (Lipinski definition) is 2. The quantitative estimate of drug-likeness (QED) is 0.215. The Labute approximate surface area is 151 Å². The average molecular weight is 341 g/mol. The normalized spacial score (nSPS) is 10.9. The van der Waals surface area contributed by atoms with Gasteiger partial charge in [-0.2, -0.15) is 0 Å². The molecule has 0 aromatic rings. The fourth-order valence-corrected chi connectivity index (χ4v) is 3.21. The van der Waals surface area contributed by atoms with Gasteiger partial charge in [-0.15, -0.1) is 0 Å². The lowest BCUT2D eigenvalue weighted by Gasteiger charge is -2.04. The van der Waals surface area contributed by atoms with Crippen molar-refractivity contribution in [2.24, 2.45) is 0 Å². The number of rotatable bonds is 19. The molecule has 3 heteroatoms. The van der Waals surface area contributed by atoms with Crippen LogP contribution in [0.2, 0.25) is 0 Å². The Bertz CT molecular complexity index is 256. The second-order valence-corrected chi connectivity index (χ2v) is 7.21. The molecule has 0 fully saturated rings. The number of amides is 1. The number of carbonyl (C=O) groups excluding carboxylic acids is 1. The molecule has 1 amide bonds. The Hall–Kier alpha value is -0.570. The Morgan fingerprint density at radius 3 is 1.25 bits per heavy atom. The van der Waals surface area contributed by atoms with Crippen molar-refractivity contribution in [1.29, 1.82) is 0 Å². The summed E-state index contributed by atoms with van der Waals surface area (Å²) in [5, 5.41) is 0. The summed E-state index contributed by atoms with van der Waals surface area (Å²) >= 11 is 0. The minimum absolute atomic E-state index is 0.110. The van der Waals surface area contributed by atoms with Gasteiger partial charge in [0.05, 0.1) is 0 Å². The SMILES string of the molecule is CCCCCCCCCCCCCCCCCCCC(=O)NNC. The van der Waals surface area contributed by atoms with Crippen LogP contribution in [0.5, 0.6) is 0 Å². The molecular weight excluding hydrogens is 296 g/mol. The number of unbranched alkanes of at least 4 members (excludes halogenated alkanes) is 16. The van der Waals surface area contributed by atoms with E-state index in [0.717, 1.165) is 6.42 Å². The van der Waals surface area contributed by atoms with Crippen LogP contribution in [0.15, 0.2) is 0 Å². The summed E-state index contributed by atoms with van der Waals surface area (Å²) in [7, 11) is 1.73. The second-order valence-electron chi connectivity index (χ2n) is 7.21. The van der Waals surface area contributed by atoms with Crippen LogP contribution in [0.1, 0.15) is 122 Å². The third-order valence-corrected chi connectivity index (χ3v) is 4.77. The van der Waals surface area contributed by atoms with E-state index in [9.17, 15) is 4.79 Å². The Morgan fingerprint density at radius 1 is 0.583 bits per heavy atom. The van der Waals surface area contributed by atoms with Crippen LogP contribution < -0.4 is 10.9 Å². The van der Waals surface area contributed by atoms with Gasteiger partial charge in [-0.05, 0) is 6.42 Å². The molecule has 0 unspecified atom stereocenters. The zero-order valence-electron chi connectivity index (χ0n) is 16.6. The zero-order chi connectivity index (χ0) is 17.7. The van der Waals surface area contributed by atoms with Gasteiger partial charge in [0.2, 0.25) is 5.91 Å². The molecule has 0 radical (unpaired) electrons. The molecule has 0 aliphatic rings. The highest BCUT2D eigenvalue weighted by atomic mass is 16.2. The number of nitrogens with one attached hydrogen (secondary N) is 2. The fraction of sp³-hybridized carbons (Fsp3) is 0.952. The molecule has 0 aromatic carbocycles. The summed E-state index contributed by atoms with van der Waals surface area (Å²) in [6.07, 6.45) is 24.0. The first-order chi connectivity index (χ1) is 11.8. The Morgan fingerprint density at radius 2 is 0.917 bits per heavy atom. The van der Waals surface area contributed by atoms with Crippen LogP contribution in [-0.4, -0.2) is 13.0 Å². The maximum atomic E-state index is 11.2. The van der Waals surface area contributed by atoms with Gasteiger partial charge in [-0.1, -0.05) is 110 Å². The van der Waals surface area contributed by atoms with E-state index in [-0.39, 0.29) is 5.91 Å². The van der Waals surface area contributed by atoms with E-state index in [1.54, 1.807) is 7.05 Å². The van der Waals surface area contributed by atoms with Crippen molar-refractivity contribution < 1.29 is 4.79 Å². The first kappa shape index (κ1) is 23.4. The van der Waals surface area contributed by atoms with E-state index in [1.165, 1.54) is 103 Å². The van der Waals surface area contributed by atoms with Crippen LogP contribution >= 0.6 is 0 Å². The maximum absolute atomic E-state index is 11.2. The average Bonchev–Trinajstić information content (AvgIpc) is 2.58. The van der Waals surface area contributed by atoms with E-state index >= 15 is 0 Å². The van der Waals surface area contributed by atoms with Crippen LogP contribution in [0.25, 0.3) is 0 Å². The lowest BCUT2D eigenvalue weighted by Crippen LogP contribution is -2.33. The summed E-state index contributed by atoms with van der Waals surface area (Å²) in [6, 6.07) is 0. The van der Waals surface area contributed by atoms with Crippen molar-refractivity contribution >= 4 is 5.91 Å². The van der Waals surface area contributed by atoms with Crippen molar-refractivity contribution in [1.82, 2.24) is 10.9 Å². The molecule has 0 spiro atoms. The predicted octanol–water partition coefficient (Wildman–Crippen LogP) is 6.28. The summed E-state index contributed by atoms with van der Waals surface area (Å²) in [4.78, 5) is 11.2. The first-order valence-electron chi connectivity index (χ1n) is 10.8. The van der Waals surface area contributed by atoms with Crippen molar-refractivity contribution in [3.8, 4) is 0 Å². The number of hydrazine groups is 1. The lowest BCUT2D eigenvalue weighted by atomic mass is 10.0. The molecular formula is C21H44N2O. The van der Waals surface area contributed by atoms with E-state index in [0.29, 0.717) is 6.42 Å². The largest absolute Gasteiger partial charge is 0.292 e. The monoisotopic (exact) mass is 340 g/mol. The Balaban J connectivity index is 3.01. The van der Waals surface area contributed by atoms with Crippen LogP contribution in [0.4, 0.5) is 0 Å². The van der Waals surface area contributed by atoms with Crippen molar-refractivity contribution in [3.63, 3.8) is 0 Å². The standard InChI is InChI=1S/C21H44N2O/c1-3-4-5-6-7-8-9-10-11-12-13-14-15-16-17-18-19-20-21(24)23-22-2/h22H,3-20H2,1-2H3,(H,23,24). The van der Waals surface area contributed by atoms with E-state index < -0.39 is 0 Å². The van der Waals surface area contributed by atoms with Crippen LogP contribution in [0.3, 0.4) is 0 Å². The topological polar surface area (TPSA) is 41.1 Å². The summed E-state index contributed by atoms with van der Waals surface area (Å²) in [6.45, 7) is 2.28. The minimum Gasteiger partial charge on any atom is -0.292 e. The van der Waals surface area contributed by atoms with Gasteiger partial charge >= 0.3 is 0 Å². The fourth-order valence-electron chi connectivity index (χ4n) is 3.21. The molecule has 0 aromatic heterocycles. The summed E-state index contributed by atoms with van der Waals surface area (Å²) < 4.78 is 0. The number of carbonyl (C=O) groups is 1. The molecule has 0 saturated carbocycles. The molecule has 24 heavy (non-hydrogen) atoms. The van der Waals surface area contributed by atoms with Gasteiger partial charge in [0.1, 0.15) is 0 Å². The highest BCUT2D eigenvalue weighted by Gasteiger charge is 1.99. The third-order valence-electron chi connectivity index (χ3n) is 4.77. The summed E-state index contributed by atoms with van der Waals surface area (Å²) in [5.41, 5.74) is 5.29. The lowest BCUT2D eigenvalue weighted by molar-refractivity contribution is -0.122. The molecule has 3 nitrogen and oxygen atoms in total. The molecule has 0 heterocycles. The van der Waals surface area contributed by atoms with Crippen molar-refractivity contribution in [3.05, 3.63) is 0 Å². The zero-order valence-corrected chi connectivity index (χ0v) is 16.6. The van der Waals surface area contributed by atoms with Crippen LogP contribution in [-0.2, 0) is 4.79 Å². The molecule has 0 bridgehead atoms. The highest BCUT2D eigenvalue weighted by molar-refractivity contribution is 5.75. The van der Waals surface area contributed by atoms with Crippen molar-refractivity contribution in [2.45, 2.75) is 122 Å². The van der Waals surface area contributed by atoms with Gasteiger partial charge in [-0.25, -0.2) is 5.43 Å². The maximum Gasteiger partial charge on any atom is 0.234 e. The Kier molecular flexibility index (Phi) is 20.0. The van der Waals surface area contributed by atoms with Crippen molar-refractivity contribution in [2.75, 3.05) is 7.05 Å². The van der Waals surface area contributed by atoms with Crippen LogP contribution in [0, 0.1) is 0 Å². The first-order valence-corrected chi connectivity index (χ1v) is 10.8.